The highest BCUT2D eigenvalue weighted by Crippen LogP contribution is 2.16. The first-order chi connectivity index (χ1) is 8.17. The number of nitrogens with zero attached hydrogens (tertiary/aromatic N) is 1. The van der Waals surface area contributed by atoms with Gasteiger partial charge in [0, 0.05) is 0 Å². The van der Waals surface area contributed by atoms with Gasteiger partial charge in [-0.15, -0.1) is 0 Å². The Morgan fingerprint density at radius 2 is 2.35 bits per heavy atom. The van der Waals surface area contributed by atoms with Crippen LogP contribution in [0.3, 0.4) is 0 Å². The van der Waals surface area contributed by atoms with Gasteiger partial charge in [0.15, 0.2) is 0 Å². The SMILES string of the molecule is CCCOc1cccc(C=C(C#N)C(=O)O)c1. The van der Waals surface area contributed by atoms with Crippen LogP contribution < -0.4 is 4.74 Å². The van der Waals surface area contributed by atoms with Crippen molar-refractivity contribution in [3.05, 3.63) is 35.4 Å². The van der Waals surface area contributed by atoms with Crippen LogP contribution in [0, 0.1) is 11.3 Å². The van der Waals surface area contributed by atoms with E-state index in [-0.39, 0.29) is 5.57 Å². The molecular weight excluding hydrogens is 218 g/mol. The zero-order chi connectivity index (χ0) is 12.7. The third-order valence-corrected chi connectivity index (χ3v) is 1.99. The molecule has 17 heavy (non-hydrogen) atoms. The van der Waals surface area contributed by atoms with Crippen LogP contribution in [-0.2, 0) is 4.79 Å². The van der Waals surface area contributed by atoms with Crippen LogP contribution in [0.1, 0.15) is 18.9 Å². The lowest BCUT2D eigenvalue weighted by molar-refractivity contribution is -0.132. The van der Waals surface area contributed by atoms with Gasteiger partial charge in [0.25, 0.3) is 0 Å². The first kappa shape index (κ1) is 12.8. The van der Waals surface area contributed by atoms with E-state index in [1.165, 1.54) is 6.08 Å². The van der Waals surface area contributed by atoms with E-state index in [1.807, 2.05) is 6.92 Å². The number of hydrogen-bond donors (Lipinski definition) is 1. The summed E-state index contributed by atoms with van der Waals surface area (Å²) in [4.78, 5) is 10.7. The van der Waals surface area contributed by atoms with E-state index < -0.39 is 5.97 Å². The summed E-state index contributed by atoms with van der Waals surface area (Å²) in [6.45, 7) is 2.61. The highest BCUT2D eigenvalue weighted by molar-refractivity contribution is 5.96. The summed E-state index contributed by atoms with van der Waals surface area (Å²) in [7, 11) is 0. The molecule has 0 unspecified atom stereocenters. The van der Waals surface area contributed by atoms with Gasteiger partial charge in [-0.1, -0.05) is 19.1 Å². The van der Waals surface area contributed by atoms with Gasteiger partial charge in [0.2, 0.25) is 0 Å². The zero-order valence-electron chi connectivity index (χ0n) is 9.51. The number of carboxylic acids is 1. The standard InChI is InChI=1S/C13H13NO3/c1-2-6-17-12-5-3-4-10(8-12)7-11(9-14)13(15)16/h3-5,7-8H,2,6H2,1H3,(H,15,16). The minimum absolute atomic E-state index is 0.294. The van der Waals surface area contributed by atoms with Gasteiger partial charge in [0.1, 0.15) is 17.4 Å². The molecule has 0 spiro atoms. The monoisotopic (exact) mass is 231 g/mol. The molecule has 0 atom stereocenters. The number of carboxylic acid groups (broad SMARTS) is 1. The van der Waals surface area contributed by atoms with Crippen molar-refractivity contribution in [2.24, 2.45) is 0 Å². The van der Waals surface area contributed by atoms with E-state index in [0.29, 0.717) is 17.9 Å². The molecule has 88 valence electrons. The fourth-order valence-electron chi connectivity index (χ4n) is 1.22. The lowest BCUT2D eigenvalue weighted by atomic mass is 10.1. The summed E-state index contributed by atoms with van der Waals surface area (Å²) in [5.41, 5.74) is 0.343. The van der Waals surface area contributed by atoms with Gasteiger partial charge in [-0.3, -0.25) is 0 Å². The summed E-state index contributed by atoms with van der Waals surface area (Å²) in [6, 6.07) is 8.61. The topological polar surface area (TPSA) is 70.3 Å². The average molecular weight is 231 g/mol. The Morgan fingerprint density at radius 3 is 2.94 bits per heavy atom. The van der Waals surface area contributed by atoms with Crippen molar-refractivity contribution in [1.82, 2.24) is 0 Å². The van der Waals surface area contributed by atoms with Crippen molar-refractivity contribution in [2.75, 3.05) is 6.61 Å². The van der Waals surface area contributed by atoms with Crippen LogP contribution in [0.15, 0.2) is 29.8 Å². The minimum Gasteiger partial charge on any atom is -0.494 e. The Balaban J connectivity index is 2.92. The summed E-state index contributed by atoms with van der Waals surface area (Å²) in [5.74, 6) is -0.560. The molecule has 0 radical (unpaired) electrons. The van der Waals surface area contributed by atoms with Crippen molar-refractivity contribution in [1.29, 1.82) is 5.26 Å². The van der Waals surface area contributed by atoms with E-state index in [9.17, 15) is 4.79 Å². The van der Waals surface area contributed by atoms with E-state index in [0.717, 1.165) is 6.42 Å². The zero-order valence-corrected chi connectivity index (χ0v) is 9.51. The smallest absolute Gasteiger partial charge is 0.346 e. The first-order valence-electron chi connectivity index (χ1n) is 5.25. The predicted molar refractivity (Wildman–Crippen MR) is 63.5 cm³/mol. The molecule has 0 bridgehead atoms. The first-order valence-corrected chi connectivity index (χ1v) is 5.25. The Hall–Kier alpha value is -2.28. The maximum atomic E-state index is 10.7. The van der Waals surface area contributed by atoms with Crippen LogP contribution in [0.25, 0.3) is 6.08 Å². The molecule has 0 heterocycles. The third kappa shape index (κ3) is 3.99. The molecule has 4 nitrogen and oxygen atoms in total. The molecule has 0 amide bonds. The number of ether oxygens (including phenoxy) is 1. The molecule has 1 N–H and O–H groups in total. The van der Waals surface area contributed by atoms with Gasteiger partial charge in [0.05, 0.1) is 6.61 Å². The average Bonchev–Trinajstić information content (AvgIpc) is 2.33. The van der Waals surface area contributed by atoms with Gasteiger partial charge in [-0.25, -0.2) is 4.79 Å². The molecule has 0 fully saturated rings. The normalized spacial score (nSPS) is 10.7. The second-order valence-corrected chi connectivity index (χ2v) is 3.40. The van der Waals surface area contributed by atoms with Crippen molar-refractivity contribution in [3.8, 4) is 11.8 Å². The molecule has 0 aliphatic rings. The lowest BCUT2D eigenvalue weighted by Gasteiger charge is -2.04. The van der Waals surface area contributed by atoms with Gasteiger partial charge in [-0.05, 0) is 30.2 Å². The van der Waals surface area contributed by atoms with E-state index in [4.69, 9.17) is 15.1 Å². The summed E-state index contributed by atoms with van der Waals surface area (Å²) in [5, 5.41) is 17.4. The Bertz CT molecular complexity index is 472. The molecular formula is C13H13NO3. The Kier molecular flexibility index (Phi) is 4.77. The Labute approximate surface area is 99.8 Å². The highest BCUT2D eigenvalue weighted by Gasteiger charge is 2.05. The number of hydrogen-bond acceptors (Lipinski definition) is 3. The van der Waals surface area contributed by atoms with Gasteiger partial charge in [-0.2, -0.15) is 5.26 Å². The van der Waals surface area contributed by atoms with Crippen LogP contribution in [0.2, 0.25) is 0 Å². The van der Waals surface area contributed by atoms with Gasteiger partial charge < -0.3 is 9.84 Å². The van der Waals surface area contributed by atoms with Gasteiger partial charge >= 0.3 is 5.97 Å². The van der Waals surface area contributed by atoms with Crippen LogP contribution in [0.5, 0.6) is 5.75 Å². The molecule has 1 rings (SSSR count). The largest absolute Gasteiger partial charge is 0.494 e. The number of rotatable bonds is 5. The van der Waals surface area contributed by atoms with Crippen molar-refractivity contribution in [3.63, 3.8) is 0 Å². The highest BCUT2D eigenvalue weighted by atomic mass is 16.5. The minimum atomic E-state index is -1.23. The summed E-state index contributed by atoms with van der Waals surface area (Å²) >= 11 is 0. The quantitative estimate of drug-likeness (QED) is 0.624. The molecule has 0 saturated heterocycles. The number of nitriles is 1. The second-order valence-electron chi connectivity index (χ2n) is 3.40. The third-order valence-electron chi connectivity index (χ3n) is 1.99. The molecule has 0 aliphatic carbocycles. The Morgan fingerprint density at radius 1 is 1.59 bits per heavy atom. The summed E-state index contributed by atoms with van der Waals surface area (Å²) in [6.07, 6.45) is 2.22. The van der Waals surface area contributed by atoms with Crippen LogP contribution in [-0.4, -0.2) is 17.7 Å². The molecule has 1 aromatic carbocycles. The van der Waals surface area contributed by atoms with Crippen molar-refractivity contribution in [2.45, 2.75) is 13.3 Å². The molecule has 0 aromatic heterocycles. The molecule has 0 aliphatic heterocycles. The second kappa shape index (κ2) is 6.33. The fourth-order valence-corrected chi connectivity index (χ4v) is 1.22. The molecule has 4 heteroatoms. The van der Waals surface area contributed by atoms with Crippen LogP contribution >= 0.6 is 0 Å². The fraction of sp³-hybridized carbons (Fsp3) is 0.231. The van der Waals surface area contributed by atoms with E-state index >= 15 is 0 Å². The van der Waals surface area contributed by atoms with Crippen molar-refractivity contribution >= 4 is 12.0 Å². The summed E-state index contributed by atoms with van der Waals surface area (Å²) < 4.78 is 5.41. The number of aliphatic carboxylic acids is 1. The predicted octanol–water partition coefficient (Wildman–Crippen LogP) is 2.47. The molecule has 1 aromatic rings. The maximum Gasteiger partial charge on any atom is 0.346 e. The van der Waals surface area contributed by atoms with Crippen molar-refractivity contribution < 1.29 is 14.6 Å². The van der Waals surface area contributed by atoms with E-state index in [2.05, 4.69) is 0 Å². The molecule has 0 saturated carbocycles. The maximum absolute atomic E-state index is 10.7. The number of carbonyl (C=O) groups is 1. The van der Waals surface area contributed by atoms with E-state index in [1.54, 1.807) is 30.3 Å². The number of benzene rings is 1. The van der Waals surface area contributed by atoms with Crippen LogP contribution in [0.4, 0.5) is 0 Å². The lowest BCUT2D eigenvalue weighted by Crippen LogP contribution is -1.98.